The highest BCUT2D eigenvalue weighted by atomic mass is 79.9. The smallest absolute Gasteiger partial charge is 0.164 e. The van der Waals surface area contributed by atoms with E-state index < -0.39 is 0 Å². The fourth-order valence-corrected chi connectivity index (χ4v) is 2.53. The van der Waals surface area contributed by atoms with Crippen molar-refractivity contribution in [2.75, 3.05) is 19.1 Å². The van der Waals surface area contributed by atoms with Gasteiger partial charge in [-0.1, -0.05) is 22.0 Å². The molecule has 0 amide bonds. The highest BCUT2D eigenvalue weighted by molar-refractivity contribution is 9.10. The first-order valence-corrected chi connectivity index (χ1v) is 8.46. The fraction of sp³-hybridized carbons (Fsp3) is 0.211. The minimum absolute atomic E-state index is 0.571. The van der Waals surface area contributed by atoms with Crippen molar-refractivity contribution < 1.29 is 9.47 Å². The van der Waals surface area contributed by atoms with E-state index in [0.717, 1.165) is 27.0 Å². The van der Waals surface area contributed by atoms with Gasteiger partial charge in [-0.15, -0.1) is 6.58 Å². The summed E-state index contributed by atoms with van der Waals surface area (Å²) in [4.78, 5) is 0. The molecule has 1 N–H and O–H groups in total. The molecule has 0 fully saturated rings. The quantitative estimate of drug-likeness (QED) is 0.391. The molecule has 0 aliphatic heterocycles. The highest BCUT2D eigenvalue weighted by Crippen LogP contribution is 2.33. The summed E-state index contributed by atoms with van der Waals surface area (Å²) in [6, 6.07) is 11.8. The van der Waals surface area contributed by atoms with Crippen molar-refractivity contribution in [2.45, 2.75) is 13.3 Å². The molecular weight excluding hydrogens is 368 g/mol. The lowest BCUT2D eigenvalue weighted by molar-refractivity contribution is 0.309. The number of ether oxygens (including phenoxy) is 2. The van der Waals surface area contributed by atoms with Gasteiger partial charge in [0.2, 0.25) is 0 Å². The van der Waals surface area contributed by atoms with Crippen molar-refractivity contribution in [3.05, 3.63) is 64.7 Å². The van der Waals surface area contributed by atoms with Crippen LogP contribution >= 0.6 is 15.9 Å². The summed E-state index contributed by atoms with van der Waals surface area (Å²) in [7, 11) is 1.65. The van der Waals surface area contributed by atoms with Crippen LogP contribution in [0.2, 0.25) is 0 Å². The number of hydrogen-bond acceptors (Lipinski definition) is 4. The van der Waals surface area contributed by atoms with Crippen LogP contribution in [0, 0.1) is 0 Å². The van der Waals surface area contributed by atoms with Gasteiger partial charge in [-0.3, -0.25) is 5.43 Å². The molecule has 0 bridgehead atoms. The molecule has 0 radical (unpaired) electrons. The largest absolute Gasteiger partial charge is 0.493 e. The van der Waals surface area contributed by atoms with E-state index in [9.17, 15) is 0 Å². The van der Waals surface area contributed by atoms with Crippen LogP contribution in [0.3, 0.4) is 0 Å². The van der Waals surface area contributed by atoms with Gasteiger partial charge in [0.25, 0.3) is 0 Å². The summed E-state index contributed by atoms with van der Waals surface area (Å²) in [5.74, 6) is 1.46. The lowest BCUT2D eigenvalue weighted by Gasteiger charge is -2.14. The molecule has 0 spiro atoms. The molecule has 0 aromatic heterocycles. The number of methoxy groups -OCH3 is 1. The number of hydrogen-bond donors (Lipinski definition) is 1. The summed E-state index contributed by atoms with van der Waals surface area (Å²) < 4.78 is 12.2. The molecule has 2 rings (SSSR count). The highest BCUT2D eigenvalue weighted by Gasteiger charge is 2.11. The van der Waals surface area contributed by atoms with E-state index in [1.165, 1.54) is 0 Å². The fourth-order valence-electron chi connectivity index (χ4n) is 2.27. The van der Waals surface area contributed by atoms with Crippen LogP contribution < -0.4 is 14.9 Å². The molecule has 126 valence electrons. The van der Waals surface area contributed by atoms with Crippen LogP contribution in [0.25, 0.3) is 0 Å². The summed E-state index contributed by atoms with van der Waals surface area (Å²) in [5, 5.41) is 4.29. The number of nitrogens with one attached hydrogen (secondary N) is 1. The van der Waals surface area contributed by atoms with Crippen molar-refractivity contribution in [1.29, 1.82) is 0 Å². The number of hydrazone groups is 1. The SMILES string of the molecule is C=CCc1cc(/C=N\Nc2ccc(Br)cc2)cc(OCC)c1OC. The van der Waals surface area contributed by atoms with E-state index in [2.05, 4.69) is 33.0 Å². The number of anilines is 1. The van der Waals surface area contributed by atoms with Crippen LogP contribution in [0.15, 0.2) is 58.6 Å². The lowest BCUT2D eigenvalue weighted by Crippen LogP contribution is -2.01. The molecule has 0 aliphatic rings. The van der Waals surface area contributed by atoms with Gasteiger partial charge in [-0.25, -0.2) is 0 Å². The molecule has 2 aromatic carbocycles. The first-order valence-electron chi connectivity index (χ1n) is 7.67. The zero-order chi connectivity index (χ0) is 17.4. The number of allylic oxidation sites excluding steroid dienone is 1. The van der Waals surface area contributed by atoms with E-state index >= 15 is 0 Å². The standard InChI is InChI=1S/C19H21BrN2O2/c1-4-6-15-11-14(12-18(24-5-2)19(15)23-3)13-21-22-17-9-7-16(20)8-10-17/h4,7-13,22H,1,5-6H2,2-3H3/b21-13-. The zero-order valence-corrected chi connectivity index (χ0v) is 15.5. The van der Waals surface area contributed by atoms with Gasteiger partial charge in [0.05, 0.1) is 25.6 Å². The summed E-state index contributed by atoms with van der Waals surface area (Å²) in [6.45, 7) is 6.32. The Morgan fingerprint density at radius 3 is 2.62 bits per heavy atom. The summed E-state index contributed by atoms with van der Waals surface area (Å²) in [6.07, 6.45) is 4.30. The second-order valence-corrected chi connectivity index (χ2v) is 5.93. The van der Waals surface area contributed by atoms with Crippen LogP contribution in [0.5, 0.6) is 11.5 Å². The van der Waals surface area contributed by atoms with Crippen molar-refractivity contribution in [2.24, 2.45) is 5.10 Å². The molecule has 0 aliphatic carbocycles. The first kappa shape index (κ1) is 18.1. The maximum Gasteiger partial charge on any atom is 0.164 e. The van der Waals surface area contributed by atoms with Gasteiger partial charge < -0.3 is 9.47 Å². The average Bonchev–Trinajstić information content (AvgIpc) is 2.57. The molecular formula is C19H21BrN2O2. The van der Waals surface area contributed by atoms with Crippen LogP contribution in [0.1, 0.15) is 18.1 Å². The summed E-state index contributed by atoms with van der Waals surface area (Å²) >= 11 is 3.41. The van der Waals surface area contributed by atoms with E-state index in [-0.39, 0.29) is 0 Å². The number of halogens is 1. The molecule has 0 atom stereocenters. The number of benzene rings is 2. The van der Waals surface area contributed by atoms with Gasteiger partial charge in [0.15, 0.2) is 11.5 Å². The third-order valence-electron chi connectivity index (χ3n) is 3.27. The normalized spacial score (nSPS) is 10.6. The topological polar surface area (TPSA) is 42.9 Å². The van der Waals surface area contributed by atoms with Crippen molar-refractivity contribution >= 4 is 27.8 Å². The summed E-state index contributed by atoms with van der Waals surface area (Å²) in [5.41, 5.74) is 5.87. The Morgan fingerprint density at radius 2 is 2.00 bits per heavy atom. The molecule has 4 nitrogen and oxygen atoms in total. The van der Waals surface area contributed by atoms with E-state index in [4.69, 9.17) is 9.47 Å². The minimum atomic E-state index is 0.571. The van der Waals surface area contributed by atoms with E-state index in [0.29, 0.717) is 18.8 Å². The van der Waals surface area contributed by atoms with Gasteiger partial charge in [-0.05, 0) is 55.3 Å². The van der Waals surface area contributed by atoms with Gasteiger partial charge in [0.1, 0.15) is 0 Å². The Morgan fingerprint density at radius 1 is 1.25 bits per heavy atom. The molecule has 0 heterocycles. The minimum Gasteiger partial charge on any atom is -0.493 e. The predicted octanol–water partition coefficient (Wildman–Crippen LogP) is 5.03. The first-order chi connectivity index (χ1) is 11.7. The number of nitrogens with zero attached hydrogens (tertiary/aromatic N) is 1. The molecule has 0 saturated carbocycles. The second-order valence-electron chi connectivity index (χ2n) is 5.01. The van der Waals surface area contributed by atoms with Crippen LogP contribution in [0.4, 0.5) is 5.69 Å². The Bertz CT molecular complexity index is 712. The Balaban J connectivity index is 2.23. The van der Waals surface area contributed by atoms with Crippen molar-refractivity contribution in [1.82, 2.24) is 0 Å². The van der Waals surface area contributed by atoms with Crippen molar-refractivity contribution in [3.8, 4) is 11.5 Å². The molecule has 2 aromatic rings. The monoisotopic (exact) mass is 388 g/mol. The molecule has 0 unspecified atom stereocenters. The Hall–Kier alpha value is -2.27. The number of rotatable bonds is 8. The predicted molar refractivity (Wildman–Crippen MR) is 103 cm³/mol. The Kier molecular flexibility index (Phi) is 6.88. The van der Waals surface area contributed by atoms with Crippen molar-refractivity contribution in [3.63, 3.8) is 0 Å². The van der Waals surface area contributed by atoms with Crippen LogP contribution in [-0.4, -0.2) is 19.9 Å². The van der Waals surface area contributed by atoms with E-state index in [1.807, 2.05) is 49.4 Å². The molecule has 24 heavy (non-hydrogen) atoms. The van der Waals surface area contributed by atoms with Gasteiger partial charge in [-0.2, -0.15) is 5.10 Å². The Labute approximate surface area is 151 Å². The second kappa shape index (κ2) is 9.13. The lowest BCUT2D eigenvalue weighted by atomic mass is 10.1. The maximum atomic E-state index is 5.69. The third kappa shape index (κ3) is 4.86. The maximum absolute atomic E-state index is 5.69. The van der Waals surface area contributed by atoms with Gasteiger partial charge >= 0.3 is 0 Å². The molecule has 0 saturated heterocycles. The third-order valence-corrected chi connectivity index (χ3v) is 3.80. The molecule has 5 heteroatoms. The van der Waals surface area contributed by atoms with Gasteiger partial charge in [0, 0.05) is 10.0 Å². The van der Waals surface area contributed by atoms with Crippen LogP contribution in [-0.2, 0) is 6.42 Å². The van der Waals surface area contributed by atoms with E-state index in [1.54, 1.807) is 13.3 Å². The average molecular weight is 389 g/mol. The zero-order valence-electron chi connectivity index (χ0n) is 13.9.